The molecule has 1 aromatic rings. The molecule has 94 valence electrons. The van der Waals surface area contributed by atoms with Gasteiger partial charge < -0.3 is 10.6 Å². The van der Waals surface area contributed by atoms with E-state index < -0.39 is 0 Å². The summed E-state index contributed by atoms with van der Waals surface area (Å²) in [5.74, 6) is -0.0215. The van der Waals surface area contributed by atoms with Crippen LogP contribution in [0.5, 0.6) is 0 Å². The number of aromatic amines is 1. The molecule has 0 aromatic carbocycles. The lowest BCUT2D eigenvalue weighted by Crippen LogP contribution is -2.31. The molecule has 2 heterocycles. The Hall–Kier alpha value is -1.36. The van der Waals surface area contributed by atoms with E-state index in [1.807, 2.05) is 13.8 Å². The van der Waals surface area contributed by atoms with Gasteiger partial charge >= 0.3 is 0 Å². The highest BCUT2D eigenvalue weighted by Crippen LogP contribution is 2.10. The Kier molecular flexibility index (Phi) is 3.78. The maximum atomic E-state index is 11.9. The first-order chi connectivity index (χ1) is 8.18. The molecule has 1 unspecified atom stereocenters. The van der Waals surface area contributed by atoms with Gasteiger partial charge in [-0.3, -0.25) is 9.89 Å². The Bertz CT molecular complexity index is 374. The highest BCUT2D eigenvalue weighted by Gasteiger charge is 2.16. The SMILES string of the molecule is Cc1n[nH]c(C)c1C(=O)NCCC1CCCN1. The van der Waals surface area contributed by atoms with E-state index in [1.165, 1.54) is 12.8 Å². The Morgan fingerprint density at radius 2 is 2.35 bits per heavy atom. The van der Waals surface area contributed by atoms with Crippen molar-refractivity contribution in [2.45, 2.75) is 39.2 Å². The van der Waals surface area contributed by atoms with E-state index in [2.05, 4.69) is 20.8 Å². The molecule has 1 atom stereocenters. The highest BCUT2D eigenvalue weighted by atomic mass is 16.1. The second-order valence-corrected chi connectivity index (χ2v) is 4.65. The average Bonchev–Trinajstić information content (AvgIpc) is 2.89. The first-order valence-corrected chi connectivity index (χ1v) is 6.21. The van der Waals surface area contributed by atoms with Crippen LogP contribution in [0.1, 0.15) is 41.0 Å². The minimum absolute atomic E-state index is 0.0215. The molecule has 5 nitrogen and oxygen atoms in total. The standard InChI is InChI=1S/C12H20N4O/c1-8-11(9(2)16-15-8)12(17)14-7-5-10-4-3-6-13-10/h10,13H,3-7H2,1-2H3,(H,14,17)(H,15,16). The average molecular weight is 236 g/mol. The summed E-state index contributed by atoms with van der Waals surface area (Å²) < 4.78 is 0. The molecule has 1 saturated heterocycles. The molecule has 0 bridgehead atoms. The summed E-state index contributed by atoms with van der Waals surface area (Å²) in [4.78, 5) is 11.9. The third-order valence-corrected chi connectivity index (χ3v) is 3.30. The number of aromatic nitrogens is 2. The zero-order chi connectivity index (χ0) is 12.3. The third-order valence-electron chi connectivity index (χ3n) is 3.30. The number of aryl methyl sites for hydroxylation is 2. The fourth-order valence-electron chi connectivity index (χ4n) is 2.34. The van der Waals surface area contributed by atoms with Gasteiger partial charge in [-0.1, -0.05) is 0 Å². The van der Waals surface area contributed by atoms with Crippen LogP contribution in [0, 0.1) is 13.8 Å². The van der Waals surface area contributed by atoms with Crippen LogP contribution in [0.2, 0.25) is 0 Å². The molecule has 0 saturated carbocycles. The fraction of sp³-hybridized carbons (Fsp3) is 0.667. The van der Waals surface area contributed by atoms with Crippen molar-refractivity contribution in [3.8, 4) is 0 Å². The zero-order valence-electron chi connectivity index (χ0n) is 10.5. The number of nitrogens with zero attached hydrogens (tertiary/aromatic N) is 1. The molecule has 1 aromatic heterocycles. The van der Waals surface area contributed by atoms with Crippen LogP contribution < -0.4 is 10.6 Å². The number of hydrogen-bond acceptors (Lipinski definition) is 3. The van der Waals surface area contributed by atoms with Crippen molar-refractivity contribution < 1.29 is 4.79 Å². The van der Waals surface area contributed by atoms with Gasteiger partial charge in [-0.2, -0.15) is 5.10 Å². The molecule has 3 N–H and O–H groups in total. The Morgan fingerprint density at radius 3 is 2.94 bits per heavy atom. The molecule has 2 rings (SSSR count). The molecular weight excluding hydrogens is 216 g/mol. The van der Waals surface area contributed by atoms with Crippen molar-refractivity contribution in [3.05, 3.63) is 17.0 Å². The smallest absolute Gasteiger partial charge is 0.255 e. The molecular formula is C12H20N4O. The molecule has 1 aliphatic heterocycles. The molecule has 0 aliphatic carbocycles. The van der Waals surface area contributed by atoms with Gasteiger partial charge in [0, 0.05) is 18.3 Å². The third kappa shape index (κ3) is 2.85. The van der Waals surface area contributed by atoms with Crippen LogP contribution in [0.3, 0.4) is 0 Å². The molecule has 17 heavy (non-hydrogen) atoms. The van der Waals surface area contributed by atoms with E-state index >= 15 is 0 Å². The Morgan fingerprint density at radius 1 is 1.53 bits per heavy atom. The normalized spacial score (nSPS) is 19.5. The summed E-state index contributed by atoms with van der Waals surface area (Å²) in [5.41, 5.74) is 2.28. The number of carbonyl (C=O) groups excluding carboxylic acids is 1. The maximum absolute atomic E-state index is 11.9. The monoisotopic (exact) mass is 236 g/mol. The van der Waals surface area contributed by atoms with E-state index in [0.29, 0.717) is 11.6 Å². The minimum Gasteiger partial charge on any atom is -0.352 e. The second-order valence-electron chi connectivity index (χ2n) is 4.65. The molecule has 1 aliphatic rings. The maximum Gasteiger partial charge on any atom is 0.255 e. The van der Waals surface area contributed by atoms with E-state index in [4.69, 9.17) is 0 Å². The van der Waals surface area contributed by atoms with Crippen LogP contribution in [0.4, 0.5) is 0 Å². The minimum atomic E-state index is -0.0215. The van der Waals surface area contributed by atoms with Crippen LogP contribution >= 0.6 is 0 Å². The van der Waals surface area contributed by atoms with Gasteiger partial charge in [0.2, 0.25) is 0 Å². The summed E-state index contributed by atoms with van der Waals surface area (Å²) >= 11 is 0. The van der Waals surface area contributed by atoms with E-state index in [1.54, 1.807) is 0 Å². The van der Waals surface area contributed by atoms with Crippen molar-refractivity contribution in [1.82, 2.24) is 20.8 Å². The molecule has 1 amide bonds. The number of carbonyl (C=O) groups is 1. The lowest BCUT2D eigenvalue weighted by Gasteiger charge is -2.10. The largest absolute Gasteiger partial charge is 0.352 e. The van der Waals surface area contributed by atoms with Gasteiger partial charge in [-0.05, 0) is 39.7 Å². The predicted octanol–water partition coefficient (Wildman–Crippen LogP) is 0.898. The lowest BCUT2D eigenvalue weighted by atomic mass is 10.1. The summed E-state index contributed by atoms with van der Waals surface area (Å²) in [5, 5.41) is 13.2. The van der Waals surface area contributed by atoms with Crippen molar-refractivity contribution in [3.63, 3.8) is 0 Å². The van der Waals surface area contributed by atoms with Gasteiger partial charge in [0.25, 0.3) is 5.91 Å². The van der Waals surface area contributed by atoms with Gasteiger partial charge in [-0.25, -0.2) is 0 Å². The quantitative estimate of drug-likeness (QED) is 0.727. The van der Waals surface area contributed by atoms with Crippen molar-refractivity contribution in [2.75, 3.05) is 13.1 Å². The molecule has 5 heteroatoms. The number of H-pyrrole nitrogens is 1. The van der Waals surface area contributed by atoms with E-state index in [0.717, 1.165) is 30.9 Å². The van der Waals surface area contributed by atoms with E-state index in [9.17, 15) is 4.79 Å². The topological polar surface area (TPSA) is 69.8 Å². The Balaban J connectivity index is 1.81. The van der Waals surface area contributed by atoms with Gasteiger partial charge in [-0.15, -0.1) is 0 Å². The summed E-state index contributed by atoms with van der Waals surface area (Å²) in [6.07, 6.45) is 3.47. The van der Waals surface area contributed by atoms with Crippen molar-refractivity contribution in [2.24, 2.45) is 0 Å². The van der Waals surface area contributed by atoms with E-state index in [-0.39, 0.29) is 5.91 Å². The first-order valence-electron chi connectivity index (χ1n) is 6.21. The predicted molar refractivity (Wildman–Crippen MR) is 66.0 cm³/mol. The molecule has 0 spiro atoms. The molecule has 0 radical (unpaired) electrons. The van der Waals surface area contributed by atoms with Gasteiger partial charge in [0.1, 0.15) is 0 Å². The number of nitrogens with one attached hydrogen (secondary N) is 3. The number of hydrogen-bond donors (Lipinski definition) is 3. The zero-order valence-corrected chi connectivity index (χ0v) is 10.5. The van der Waals surface area contributed by atoms with Crippen LogP contribution in [0.15, 0.2) is 0 Å². The summed E-state index contributed by atoms with van der Waals surface area (Å²) in [6.45, 7) is 5.55. The summed E-state index contributed by atoms with van der Waals surface area (Å²) in [6, 6.07) is 0.571. The molecule has 1 fully saturated rings. The van der Waals surface area contributed by atoms with Crippen molar-refractivity contribution in [1.29, 1.82) is 0 Å². The number of amides is 1. The van der Waals surface area contributed by atoms with Crippen LogP contribution in [-0.2, 0) is 0 Å². The van der Waals surface area contributed by atoms with Crippen LogP contribution in [-0.4, -0.2) is 35.2 Å². The van der Waals surface area contributed by atoms with Gasteiger partial charge in [0.05, 0.1) is 11.3 Å². The van der Waals surface area contributed by atoms with Crippen LogP contribution in [0.25, 0.3) is 0 Å². The van der Waals surface area contributed by atoms with Gasteiger partial charge in [0.15, 0.2) is 0 Å². The first kappa shape index (κ1) is 12.1. The number of rotatable bonds is 4. The van der Waals surface area contributed by atoms with Crippen molar-refractivity contribution >= 4 is 5.91 Å². The summed E-state index contributed by atoms with van der Waals surface area (Å²) in [7, 11) is 0. The second kappa shape index (κ2) is 5.31. The fourth-order valence-corrected chi connectivity index (χ4v) is 2.34. The highest BCUT2D eigenvalue weighted by molar-refractivity contribution is 5.96. The Labute approximate surface area is 101 Å². The lowest BCUT2D eigenvalue weighted by molar-refractivity contribution is 0.0951.